The summed E-state index contributed by atoms with van der Waals surface area (Å²) in [5, 5.41) is 0. The minimum absolute atomic E-state index is 0.0393. The lowest BCUT2D eigenvalue weighted by Crippen LogP contribution is -2.34. The highest BCUT2D eigenvalue weighted by molar-refractivity contribution is 9.12. The van der Waals surface area contributed by atoms with Crippen molar-refractivity contribution in [3.8, 4) is 0 Å². The molecule has 0 radical (unpaired) electrons. The Morgan fingerprint density at radius 3 is 2.05 bits per heavy atom. The molecule has 1 saturated carbocycles. The number of imide groups is 1. The van der Waals surface area contributed by atoms with E-state index in [0.717, 1.165) is 16.8 Å². The first-order valence-corrected chi connectivity index (χ1v) is 8.96. The number of aryl methyl sites for hydroxylation is 2. The number of rotatable bonds is 1. The molecule has 1 saturated heterocycles. The molecule has 1 aromatic carbocycles. The van der Waals surface area contributed by atoms with Gasteiger partial charge in [-0.15, -0.1) is 0 Å². The molecule has 21 heavy (non-hydrogen) atoms. The van der Waals surface area contributed by atoms with E-state index in [-0.39, 0.29) is 33.3 Å². The van der Waals surface area contributed by atoms with Crippen LogP contribution in [0.4, 0.5) is 5.69 Å². The molecule has 0 bridgehead atoms. The molecule has 2 aliphatic rings. The van der Waals surface area contributed by atoms with Gasteiger partial charge in [-0.2, -0.15) is 0 Å². The van der Waals surface area contributed by atoms with Crippen LogP contribution in [-0.4, -0.2) is 21.5 Å². The van der Waals surface area contributed by atoms with Crippen LogP contribution in [0.25, 0.3) is 0 Å². The van der Waals surface area contributed by atoms with E-state index in [1.807, 2.05) is 32.0 Å². The van der Waals surface area contributed by atoms with Crippen LogP contribution in [0.2, 0.25) is 0 Å². The Kier molecular flexibility index (Phi) is 3.99. The van der Waals surface area contributed by atoms with E-state index < -0.39 is 0 Å². The Morgan fingerprint density at radius 2 is 1.52 bits per heavy atom. The summed E-state index contributed by atoms with van der Waals surface area (Å²) >= 11 is 7.22. The predicted molar refractivity (Wildman–Crippen MR) is 90.1 cm³/mol. The van der Waals surface area contributed by atoms with Gasteiger partial charge >= 0.3 is 0 Å². The second-order valence-electron chi connectivity index (χ2n) is 6.02. The number of alkyl halides is 2. The van der Waals surface area contributed by atoms with E-state index in [9.17, 15) is 9.59 Å². The maximum atomic E-state index is 12.7. The topological polar surface area (TPSA) is 37.4 Å². The number of hydrogen-bond acceptors (Lipinski definition) is 2. The zero-order chi connectivity index (χ0) is 15.3. The molecule has 0 N–H and O–H groups in total. The Morgan fingerprint density at radius 1 is 1.00 bits per heavy atom. The van der Waals surface area contributed by atoms with E-state index in [4.69, 9.17) is 0 Å². The Labute approximate surface area is 141 Å². The van der Waals surface area contributed by atoms with Crippen molar-refractivity contribution in [1.29, 1.82) is 0 Å². The van der Waals surface area contributed by atoms with Gasteiger partial charge in [0.2, 0.25) is 11.8 Å². The van der Waals surface area contributed by atoms with Gasteiger partial charge in [-0.05, 0) is 43.9 Å². The van der Waals surface area contributed by atoms with Crippen LogP contribution in [0.5, 0.6) is 0 Å². The Bertz CT molecular complexity index is 588. The molecule has 4 atom stereocenters. The zero-order valence-electron chi connectivity index (χ0n) is 12.0. The van der Waals surface area contributed by atoms with Gasteiger partial charge in [-0.25, -0.2) is 4.90 Å². The fourth-order valence-electron chi connectivity index (χ4n) is 3.29. The molecule has 0 spiro atoms. The van der Waals surface area contributed by atoms with E-state index >= 15 is 0 Å². The number of carbonyl (C=O) groups is 2. The standard InChI is InChI=1S/C16H17Br2NO2/c1-8-3-4-9(2)14(5-8)19-15(20)10-6-12(17)13(18)7-11(10)16(19)21/h3-5,10-13H,6-7H2,1-2H3. The summed E-state index contributed by atoms with van der Waals surface area (Å²) in [6, 6.07) is 5.90. The second kappa shape index (κ2) is 5.51. The van der Waals surface area contributed by atoms with Crippen molar-refractivity contribution in [1.82, 2.24) is 0 Å². The first-order chi connectivity index (χ1) is 9.90. The van der Waals surface area contributed by atoms with Gasteiger partial charge in [0.1, 0.15) is 0 Å². The van der Waals surface area contributed by atoms with E-state index in [2.05, 4.69) is 31.9 Å². The van der Waals surface area contributed by atoms with Gasteiger partial charge in [0.05, 0.1) is 17.5 Å². The average Bonchev–Trinajstić information content (AvgIpc) is 2.66. The molecule has 1 aliphatic heterocycles. The van der Waals surface area contributed by atoms with Gasteiger partial charge < -0.3 is 0 Å². The number of benzene rings is 1. The lowest BCUT2D eigenvalue weighted by Gasteiger charge is -2.29. The summed E-state index contributed by atoms with van der Waals surface area (Å²) in [4.78, 5) is 27.4. The number of anilines is 1. The van der Waals surface area contributed by atoms with Crippen LogP contribution in [0.15, 0.2) is 18.2 Å². The monoisotopic (exact) mass is 413 g/mol. The van der Waals surface area contributed by atoms with Crippen LogP contribution in [0.3, 0.4) is 0 Å². The van der Waals surface area contributed by atoms with Gasteiger partial charge in [0, 0.05) is 9.65 Å². The molecule has 3 nitrogen and oxygen atoms in total. The second-order valence-corrected chi connectivity index (χ2v) is 8.37. The van der Waals surface area contributed by atoms with Crippen molar-refractivity contribution < 1.29 is 9.59 Å². The Hall–Kier alpha value is -0.680. The minimum atomic E-state index is -0.185. The van der Waals surface area contributed by atoms with Gasteiger partial charge in [-0.1, -0.05) is 44.0 Å². The van der Waals surface area contributed by atoms with Crippen LogP contribution in [0, 0.1) is 25.7 Å². The van der Waals surface area contributed by atoms with Crippen LogP contribution in [0.1, 0.15) is 24.0 Å². The number of carbonyl (C=O) groups excluding carboxylic acids is 2. The van der Waals surface area contributed by atoms with Crippen molar-refractivity contribution >= 4 is 49.4 Å². The van der Waals surface area contributed by atoms with Crippen molar-refractivity contribution in [2.45, 2.75) is 36.3 Å². The van der Waals surface area contributed by atoms with Crippen molar-refractivity contribution in [3.05, 3.63) is 29.3 Å². The molecule has 4 unspecified atom stereocenters. The zero-order valence-corrected chi connectivity index (χ0v) is 15.1. The summed E-state index contributed by atoms with van der Waals surface area (Å²) in [7, 11) is 0. The number of hydrogen-bond donors (Lipinski definition) is 0. The smallest absolute Gasteiger partial charge is 0.237 e. The molecular formula is C16H17Br2NO2. The lowest BCUT2D eigenvalue weighted by atomic mass is 9.81. The molecule has 112 valence electrons. The van der Waals surface area contributed by atoms with Crippen molar-refractivity contribution in [2.24, 2.45) is 11.8 Å². The third kappa shape index (κ3) is 2.48. The minimum Gasteiger partial charge on any atom is -0.274 e. The number of halogens is 2. The first kappa shape index (κ1) is 15.2. The van der Waals surface area contributed by atoms with Crippen molar-refractivity contribution in [2.75, 3.05) is 4.90 Å². The van der Waals surface area contributed by atoms with Gasteiger partial charge in [-0.3, -0.25) is 9.59 Å². The highest BCUT2D eigenvalue weighted by Gasteiger charge is 2.52. The molecule has 1 heterocycles. The lowest BCUT2D eigenvalue weighted by molar-refractivity contribution is -0.122. The summed E-state index contributed by atoms with van der Waals surface area (Å²) in [6.07, 6.45) is 1.43. The van der Waals surface area contributed by atoms with E-state index in [1.165, 1.54) is 4.90 Å². The molecule has 1 aliphatic carbocycles. The first-order valence-electron chi connectivity index (χ1n) is 7.13. The average molecular weight is 415 g/mol. The third-order valence-corrected chi connectivity index (χ3v) is 7.25. The molecular weight excluding hydrogens is 398 g/mol. The van der Waals surface area contributed by atoms with E-state index in [0.29, 0.717) is 12.8 Å². The maximum absolute atomic E-state index is 12.7. The van der Waals surface area contributed by atoms with E-state index in [1.54, 1.807) is 0 Å². The number of fused-ring (bicyclic) bond motifs is 1. The SMILES string of the molecule is Cc1ccc(C)c(N2C(=O)C3CC(Br)C(Br)CC3C2=O)c1. The molecule has 0 aromatic heterocycles. The largest absolute Gasteiger partial charge is 0.274 e. The van der Waals surface area contributed by atoms with Crippen molar-refractivity contribution in [3.63, 3.8) is 0 Å². The maximum Gasteiger partial charge on any atom is 0.237 e. The highest BCUT2D eigenvalue weighted by Crippen LogP contribution is 2.44. The Balaban J connectivity index is 2.00. The predicted octanol–water partition coefficient (Wildman–Crippen LogP) is 3.73. The summed E-state index contributed by atoms with van der Waals surface area (Å²) in [5.41, 5.74) is 2.77. The quantitative estimate of drug-likeness (QED) is 0.518. The normalized spacial score (nSPS) is 32.5. The molecule has 1 aromatic rings. The van der Waals surface area contributed by atoms with Crippen LogP contribution in [-0.2, 0) is 9.59 Å². The number of nitrogens with zero attached hydrogens (tertiary/aromatic N) is 1. The number of amides is 2. The summed E-state index contributed by atoms with van der Waals surface area (Å²) in [6.45, 7) is 3.92. The summed E-state index contributed by atoms with van der Waals surface area (Å²) < 4.78 is 0. The molecule has 2 amide bonds. The fraction of sp³-hybridized carbons (Fsp3) is 0.500. The third-order valence-electron chi connectivity index (χ3n) is 4.52. The fourth-order valence-corrected chi connectivity index (χ4v) is 4.53. The molecule has 5 heteroatoms. The molecule has 3 rings (SSSR count). The molecule has 2 fully saturated rings. The van der Waals surface area contributed by atoms with Gasteiger partial charge in [0.15, 0.2) is 0 Å². The summed E-state index contributed by atoms with van der Waals surface area (Å²) in [5.74, 6) is -0.448. The van der Waals surface area contributed by atoms with Crippen LogP contribution < -0.4 is 4.90 Å². The highest BCUT2D eigenvalue weighted by atomic mass is 79.9. The van der Waals surface area contributed by atoms with Gasteiger partial charge in [0.25, 0.3) is 0 Å². The van der Waals surface area contributed by atoms with Crippen LogP contribution >= 0.6 is 31.9 Å².